The molecule has 25 heavy (non-hydrogen) atoms. The van der Waals surface area contributed by atoms with Gasteiger partial charge in [-0.25, -0.2) is 0 Å². The molecule has 2 N–H and O–H groups in total. The number of aromatic hydroxyl groups is 2. The minimum absolute atomic E-state index is 0.129. The third-order valence-corrected chi connectivity index (χ3v) is 4.71. The van der Waals surface area contributed by atoms with E-state index in [1.54, 1.807) is 12.1 Å². The van der Waals surface area contributed by atoms with Gasteiger partial charge in [0.1, 0.15) is 11.5 Å². The number of hydrogen-bond donors (Lipinski definition) is 2. The predicted molar refractivity (Wildman–Crippen MR) is 108 cm³/mol. The van der Waals surface area contributed by atoms with E-state index in [0.717, 1.165) is 18.4 Å². The van der Waals surface area contributed by atoms with Crippen LogP contribution in [0.1, 0.15) is 96.0 Å². The lowest BCUT2D eigenvalue weighted by molar-refractivity contribution is 0.449. The van der Waals surface area contributed by atoms with Gasteiger partial charge < -0.3 is 10.2 Å². The Balaban J connectivity index is 1.88. The molecule has 0 aliphatic carbocycles. The zero-order valence-electron chi connectivity index (χ0n) is 16.2. The van der Waals surface area contributed by atoms with Gasteiger partial charge >= 0.3 is 0 Å². The first kappa shape index (κ1) is 21.6. The quantitative estimate of drug-likeness (QED) is 0.258. The van der Waals surface area contributed by atoms with Crippen LogP contribution in [0.25, 0.3) is 0 Å². The SMILES string of the molecule is CCCCCCCCCCCCCCC=CCc1cc(O)cc(O)c1. The monoisotopic (exact) mass is 346 g/mol. The average Bonchev–Trinajstić information content (AvgIpc) is 2.57. The summed E-state index contributed by atoms with van der Waals surface area (Å²) < 4.78 is 0. The number of unbranched alkanes of at least 4 members (excludes halogenated alkanes) is 12. The van der Waals surface area contributed by atoms with Crippen LogP contribution in [0.4, 0.5) is 0 Å². The zero-order valence-corrected chi connectivity index (χ0v) is 16.2. The molecule has 0 fully saturated rings. The van der Waals surface area contributed by atoms with E-state index in [1.165, 1.54) is 83.1 Å². The highest BCUT2D eigenvalue weighted by Crippen LogP contribution is 2.21. The predicted octanol–water partition coefficient (Wildman–Crippen LogP) is 7.29. The van der Waals surface area contributed by atoms with Gasteiger partial charge in [-0.1, -0.05) is 89.7 Å². The van der Waals surface area contributed by atoms with Crippen molar-refractivity contribution in [1.29, 1.82) is 0 Å². The maximum Gasteiger partial charge on any atom is 0.119 e. The molecule has 0 bridgehead atoms. The summed E-state index contributed by atoms with van der Waals surface area (Å²) >= 11 is 0. The van der Waals surface area contributed by atoms with Crippen LogP contribution in [0.3, 0.4) is 0 Å². The van der Waals surface area contributed by atoms with E-state index >= 15 is 0 Å². The van der Waals surface area contributed by atoms with Crippen molar-refractivity contribution in [3.63, 3.8) is 0 Å². The number of hydrogen-bond acceptors (Lipinski definition) is 2. The maximum absolute atomic E-state index is 9.44. The first-order valence-corrected chi connectivity index (χ1v) is 10.4. The number of rotatable bonds is 15. The van der Waals surface area contributed by atoms with Crippen molar-refractivity contribution in [3.05, 3.63) is 35.9 Å². The number of benzene rings is 1. The highest BCUT2D eigenvalue weighted by molar-refractivity contribution is 5.37. The van der Waals surface area contributed by atoms with E-state index in [-0.39, 0.29) is 11.5 Å². The molecular formula is C23H38O2. The Kier molecular flexibility index (Phi) is 12.8. The second kappa shape index (κ2) is 14.9. The Bertz CT molecular complexity index is 445. The Morgan fingerprint density at radius 2 is 1.12 bits per heavy atom. The Morgan fingerprint density at radius 3 is 1.64 bits per heavy atom. The molecule has 0 unspecified atom stereocenters. The molecule has 0 aromatic heterocycles. The zero-order chi connectivity index (χ0) is 18.2. The largest absolute Gasteiger partial charge is 0.508 e. The molecule has 0 heterocycles. The second-order valence-electron chi connectivity index (χ2n) is 7.21. The van der Waals surface area contributed by atoms with Gasteiger partial charge in [0.25, 0.3) is 0 Å². The van der Waals surface area contributed by atoms with Crippen LogP contribution in [-0.2, 0) is 6.42 Å². The van der Waals surface area contributed by atoms with E-state index in [4.69, 9.17) is 0 Å². The van der Waals surface area contributed by atoms with E-state index in [9.17, 15) is 10.2 Å². The summed E-state index contributed by atoms with van der Waals surface area (Å²) in [4.78, 5) is 0. The van der Waals surface area contributed by atoms with Crippen molar-refractivity contribution in [2.24, 2.45) is 0 Å². The Morgan fingerprint density at radius 1 is 0.640 bits per heavy atom. The molecule has 0 radical (unpaired) electrons. The summed E-state index contributed by atoms with van der Waals surface area (Å²) in [6, 6.07) is 4.77. The molecule has 0 aliphatic heterocycles. The molecule has 1 aromatic rings. The number of allylic oxidation sites excluding steroid dienone is 2. The maximum atomic E-state index is 9.44. The topological polar surface area (TPSA) is 40.5 Å². The van der Waals surface area contributed by atoms with Crippen LogP contribution in [0.15, 0.2) is 30.4 Å². The van der Waals surface area contributed by atoms with Gasteiger partial charge in [-0.05, 0) is 37.0 Å². The van der Waals surface area contributed by atoms with Crippen LogP contribution in [-0.4, -0.2) is 10.2 Å². The first-order valence-electron chi connectivity index (χ1n) is 10.4. The lowest BCUT2D eigenvalue weighted by Crippen LogP contribution is -1.83. The standard InChI is InChI=1S/C23H38O2/c1-2-3-4-5-6-7-8-9-10-11-12-13-14-15-16-17-21-18-22(24)20-23(25)19-21/h15-16,18-20,24-25H,2-14,17H2,1H3. The van der Waals surface area contributed by atoms with Crippen LogP contribution in [0.2, 0.25) is 0 Å². The van der Waals surface area contributed by atoms with Crippen molar-refractivity contribution < 1.29 is 10.2 Å². The van der Waals surface area contributed by atoms with Crippen LogP contribution >= 0.6 is 0 Å². The summed E-state index contributed by atoms with van der Waals surface area (Å²) in [6.07, 6.45) is 22.9. The molecule has 0 saturated heterocycles. The molecule has 2 nitrogen and oxygen atoms in total. The van der Waals surface area contributed by atoms with E-state index in [0.29, 0.717) is 0 Å². The summed E-state index contributed by atoms with van der Waals surface area (Å²) in [6.45, 7) is 2.27. The first-order chi connectivity index (χ1) is 12.2. The molecule has 1 aromatic carbocycles. The number of phenolic OH excluding ortho intramolecular Hbond substituents is 2. The molecule has 0 spiro atoms. The van der Waals surface area contributed by atoms with Gasteiger partial charge in [0.05, 0.1) is 0 Å². The van der Waals surface area contributed by atoms with Crippen LogP contribution < -0.4 is 0 Å². The molecular weight excluding hydrogens is 308 g/mol. The third-order valence-electron chi connectivity index (χ3n) is 4.71. The smallest absolute Gasteiger partial charge is 0.119 e. The van der Waals surface area contributed by atoms with Crippen LogP contribution in [0, 0.1) is 0 Å². The van der Waals surface area contributed by atoms with Gasteiger partial charge in [0, 0.05) is 6.07 Å². The van der Waals surface area contributed by atoms with Gasteiger partial charge in [-0.15, -0.1) is 0 Å². The van der Waals surface area contributed by atoms with E-state index in [2.05, 4.69) is 19.1 Å². The molecule has 0 atom stereocenters. The number of phenols is 2. The Labute approximate surface area is 155 Å². The third kappa shape index (κ3) is 12.6. The van der Waals surface area contributed by atoms with Crippen molar-refractivity contribution in [2.45, 2.75) is 96.8 Å². The fourth-order valence-electron chi connectivity index (χ4n) is 3.21. The molecule has 2 heteroatoms. The molecule has 0 aliphatic rings. The van der Waals surface area contributed by atoms with Crippen LogP contribution in [0.5, 0.6) is 11.5 Å². The molecule has 0 saturated carbocycles. The van der Waals surface area contributed by atoms with E-state index in [1.807, 2.05) is 0 Å². The van der Waals surface area contributed by atoms with Gasteiger partial charge in [0.15, 0.2) is 0 Å². The minimum atomic E-state index is 0.129. The van der Waals surface area contributed by atoms with Crippen molar-refractivity contribution in [1.82, 2.24) is 0 Å². The molecule has 1 rings (SSSR count). The molecule has 142 valence electrons. The lowest BCUT2D eigenvalue weighted by Gasteiger charge is -2.02. The minimum Gasteiger partial charge on any atom is -0.508 e. The van der Waals surface area contributed by atoms with Gasteiger partial charge in [-0.3, -0.25) is 0 Å². The summed E-state index contributed by atoms with van der Waals surface area (Å²) in [5.74, 6) is 0.258. The molecule has 0 amide bonds. The lowest BCUT2D eigenvalue weighted by atomic mass is 10.0. The summed E-state index contributed by atoms with van der Waals surface area (Å²) in [7, 11) is 0. The van der Waals surface area contributed by atoms with E-state index < -0.39 is 0 Å². The highest BCUT2D eigenvalue weighted by Gasteiger charge is 1.97. The fraction of sp³-hybridized carbons (Fsp3) is 0.652. The summed E-state index contributed by atoms with van der Waals surface area (Å²) in [5, 5.41) is 18.9. The second-order valence-corrected chi connectivity index (χ2v) is 7.21. The van der Waals surface area contributed by atoms with Crippen molar-refractivity contribution in [3.8, 4) is 11.5 Å². The Hall–Kier alpha value is -1.44. The fourth-order valence-corrected chi connectivity index (χ4v) is 3.21. The van der Waals surface area contributed by atoms with Gasteiger partial charge in [0.2, 0.25) is 0 Å². The van der Waals surface area contributed by atoms with Crippen molar-refractivity contribution >= 4 is 0 Å². The van der Waals surface area contributed by atoms with Crippen molar-refractivity contribution in [2.75, 3.05) is 0 Å². The normalized spacial score (nSPS) is 11.4. The summed E-state index contributed by atoms with van der Waals surface area (Å²) in [5.41, 5.74) is 0.948. The average molecular weight is 347 g/mol. The highest BCUT2D eigenvalue weighted by atomic mass is 16.3. The van der Waals surface area contributed by atoms with Gasteiger partial charge in [-0.2, -0.15) is 0 Å².